The van der Waals surface area contributed by atoms with Crippen molar-refractivity contribution in [2.45, 2.75) is 56.9 Å². The number of alkyl halides is 4. The van der Waals surface area contributed by atoms with E-state index in [1.807, 2.05) is 24.3 Å². The molecule has 3 heterocycles. The van der Waals surface area contributed by atoms with Crippen molar-refractivity contribution in [3.8, 4) is 0 Å². The number of nitrogens with one attached hydrogen (secondary N) is 2. The van der Waals surface area contributed by atoms with Crippen LogP contribution in [0.5, 0.6) is 0 Å². The summed E-state index contributed by atoms with van der Waals surface area (Å²) >= 11 is 0. The second-order valence-corrected chi connectivity index (χ2v) is 11.5. The molecule has 1 aromatic heterocycles. The van der Waals surface area contributed by atoms with E-state index < -0.39 is 36.4 Å². The number of anilines is 1. The van der Waals surface area contributed by atoms with Gasteiger partial charge < -0.3 is 15.2 Å². The van der Waals surface area contributed by atoms with E-state index in [0.29, 0.717) is 31.6 Å². The molecule has 4 nitrogen and oxygen atoms in total. The number of halogens is 6. The van der Waals surface area contributed by atoms with Gasteiger partial charge in [0.2, 0.25) is 0 Å². The van der Waals surface area contributed by atoms with Crippen LogP contribution in [-0.4, -0.2) is 65.9 Å². The summed E-state index contributed by atoms with van der Waals surface area (Å²) in [5, 5.41) is 4.14. The predicted molar refractivity (Wildman–Crippen MR) is 139 cm³/mol. The first-order valence-corrected chi connectivity index (χ1v) is 13.5. The van der Waals surface area contributed by atoms with Gasteiger partial charge in [0.25, 0.3) is 0 Å². The summed E-state index contributed by atoms with van der Waals surface area (Å²) < 4.78 is 85.4. The quantitative estimate of drug-likeness (QED) is 0.326. The topological polar surface area (TPSA) is 34.3 Å². The number of H-pyrrole nitrogens is 1. The monoisotopic (exact) mass is 550 g/mol. The number of rotatable bonds is 7. The highest BCUT2D eigenvalue weighted by Crippen LogP contribution is 2.54. The lowest BCUT2D eigenvalue weighted by atomic mass is 9.88. The largest absolute Gasteiger partial charge is 0.401 e. The molecule has 0 unspecified atom stereocenters. The fraction of sp³-hybridized carbons (Fsp3) is 0.517. The smallest absolute Gasteiger partial charge is 0.380 e. The number of likely N-dealkylation sites (tertiary alicyclic amines) is 1. The lowest BCUT2D eigenvalue weighted by molar-refractivity contribution is -0.155. The van der Waals surface area contributed by atoms with Gasteiger partial charge >= 0.3 is 6.18 Å². The first kappa shape index (κ1) is 26.5. The van der Waals surface area contributed by atoms with E-state index in [0.717, 1.165) is 40.8 Å². The van der Waals surface area contributed by atoms with Gasteiger partial charge in [-0.2, -0.15) is 13.2 Å². The molecule has 2 aliphatic heterocycles. The van der Waals surface area contributed by atoms with Crippen molar-refractivity contribution in [2.75, 3.05) is 38.2 Å². The third-order valence-corrected chi connectivity index (χ3v) is 8.79. The van der Waals surface area contributed by atoms with Crippen molar-refractivity contribution in [2.24, 2.45) is 5.41 Å². The minimum absolute atomic E-state index is 0.0174. The van der Waals surface area contributed by atoms with Crippen LogP contribution in [0.2, 0.25) is 0 Å². The molecule has 0 radical (unpaired) electrons. The van der Waals surface area contributed by atoms with E-state index >= 15 is 8.78 Å². The Balaban J connectivity index is 1.36. The zero-order valence-corrected chi connectivity index (χ0v) is 21.7. The number of hydrogen-bond acceptors (Lipinski definition) is 3. The molecule has 0 bridgehead atoms. The molecule has 2 N–H and O–H groups in total. The Morgan fingerprint density at radius 3 is 2.49 bits per heavy atom. The maximum absolute atomic E-state index is 15.8. The molecule has 1 spiro atoms. The number of benzene rings is 2. The van der Waals surface area contributed by atoms with Crippen LogP contribution in [0.3, 0.4) is 0 Å². The lowest BCUT2D eigenvalue weighted by Crippen LogP contribution is -2.47. The minimum Gasteiger partial charge on any atom is -0.380 e. The van der Waals surface area contributed by atoms with Crippen LogP contribution in [-0.2, 0) is 6.42 Å². The first-order chi connectivity index (χ1) is 18.6. The molecule has 2 aromatic carbocycles. The van der Waals surface area contributed by atoms with E-state index in [2.05, 4.69) is 15.2 Å². The fourth-order valence-electron chi connectivity index (χ4n) is 6.79. The Morgan fingerprint density at radius 2 is 1.82 bits per heavy atom. The van der Waals surface area contributed by atoms with Gasteiger partial charge in [-0.3, -0.25) is 9.29 Å². The van der Waals surface area contributed by atoms with Crippen LogP contribution in [0.25, 0.3) is 10.9 Å². The van der Waals surface area contributed by atoms with E-state index in [9.17, 15) is 17.6 Å². The summed E-state index contributed by atoms with van der Waals surface area (Å²) in [7, 11) is 0. The molecule has 6 rings (SSSR count). The molecule has 10 heteroatoms. The SMILES string of the molecule is C[C@@H]1Cc2c([nH]c3ccccc23)[C@@H](c2c(F)cc(N[C@@H]3CN(CCCF)CC34CC4)cc2F)N1CC(F)(F)F. The van der Waals surface area contributed by atoms with Crippen molar-refractivity contribution in [3.05, 3.63) is 64.9 Å². The molecule has 210 valence electrons. The van der Waals surface area contributed by atoms with Gasteiger partial charge in [0.05, 0.1) is 19.3 Å². The summed E-state index contributed by atoms with van der Waals surface area (Å²) in [6.07, 6.45) is -1.77. The molecule has 2 fully saturated rings. The third kappa shape index (κ3) is 4.90. The third-order valence-electron chi connectivity index (χ3n) is 8.79. The number of nitrogens with zero attached hydrogens (tertiary/aromatic N) is 2. The second kappa shape index (κ2) is 9.73. The summed E-state index contributed by atoms with van der Waals surface area (Å²) in [4.78, 5) is 6.50. The van der Waals surface area contributed by atoms with Crippen LogP contribution in [0.15, 0.2) is 36.4 Å². The first-order valence-electron chi connectivity index (χ1n) is 13.5. The average Bonchev–Trinajstić information content (AvgIpc) is 3.44. The van der Waals surface area contributed by atoms with Crippen molar-refractivity contribution in [1.29, 1.82) is 0 Å². The van der Waals surface area contributed by atoms with Gasteiger partial charge in [-0.1, -0.05) is 18.2 Å². The van der Waals surface area contributed by atoms with Gasteiger partial charge in [0.15, 0.2) is 0 Å². The number of hydrogen-bond donors (Lipinski definition) is 2. The highest BCUT2D eigenvalue weighted by molar-refractivity contribution is 5.85. The van der Waals surface area contributed by atoms with Crippen molar-refractivity contribution >= 4 is 16.6 Å². The average molecular weight is 551 g/mol. The Bertz CT molecular complexity index is 1340. The normalized spacial score (nSPS) is 24.9. The van der Waals surface area contributed by atoms with Crippen LogP contribution in [0, 0.1) is 17.0 Å². The molecular formula is C29H32F6N4. The van der Waals surface area contributed by atoms with E-state index in [1.54, 1.807) is 6.92 Å². The Labute approximate surface area is 223 Å². The number of aromatic amines is 1. The molecule has 1 saturated carbocycles. The molecule has 0 amide bonds. The van der Waals surface area contributed by atoms with E-state index in [-0.39, 0.29) is 29.4 Å². The van der Waals surface area contributed by atoms with Gasteiger partial charge in [-0.15, -0.1) is 0 Å². The van der Waals surface area contributed by atoms with Crippen molar-refractivity contribution in [3.63, 3.8) is 0 Å². The van der Waals surface area contributed by atoms with Gasteiger partial charge in [-0.25, -0.2) is 8.78 Å². The summed E-state index contributed by atoms with van der Waals surface area (Å²) in [5.74, 6) is -1.77. The highest BCUT2D eigenvalue weighted by atomic mass is 19.4. The second-order valence-electron chi connectivity index (χ2n) is 11.5. The number of aromatic nitrogens is 1. The number of fused-ring (bicyclic) bond motifs is 3. The zero-order valence-electron chi connectivity index (χ0n) is 21.7. The Kier molecular flexibility index (Phi) is 6.61. The van der Waals surface area contributed by atoms with Gasteiger partial charge in [-0.05, 0) is 56.4 Å². The zero-order chi connectivity index (χ0) is 27.5. The highest BCUT2D eigenvalue weighted by Gasteiger charge is 2.55. The molecule has 1 saturated heterocycles. The van der Waals surface area contributed by atoms with E-state index in [4.69, 9.17) is 0 Å². The van der Waals surface area contributed by atoms with Crippen molar-refractivity contribution in [1.82, 2.24) is 14.8 Å². The van der Waals surface area contributed by atoms with Crippen LogP contribution >= 0.6 is 0 Å². The van der Waals surface area contributed by atoms with Gasteiger partial charge in [0, 0.05) is 65.0 Å². The van der Waals surface area contributed by atoms with Crippen LogP contribution in [0.1, 0.15) is 49.0 Å². The Morgan fingerprint density at radius 1 is 1.10 bits per heavy atom. The predicted octanol–water partition coefficient (Wildman–Crippen LogP) is 6.58. The maximum Gasteiger partial charge on any atom is 0.401 e. The van der Waals surface area contributed by atoms with Crippen molar-refractivity contribution < 1.29 is 26.3 Å². The minimum atomic E-state index is -4.54. The number of para-hydroxylation sites is 1. The van der Waals surface area contributed by atoms with Crippen LogP contribution < -0.4 is 5.32 Å². The molecule has 1 aliphatic carbocycles. The molecule has 39 heavy (non-hydrogen) atoms. The molecule has 3 aromatic rings. The summed E-state index contributed by atoms with van der Waals surface area (Å²) in [6, 6.07) is 7.86. The summed E-state index contributed by atoms with van der Waals surface area (Å²) in [5.41, 5.74) is 1.80. The fourth-order valence-corrected chi connectivity index (χ4v) is 6.79. The van der Waals surface area contributed by atoms with Gasteiger partial charge in [0.1, 0.15) is 11.6 Å². The lowest BCUT2D eigenvalue weighted by Gasteiger charge is -2.41. The van der Waals surface area contributed by atoms with Crippen LogP contribution in [0.4, 0.5) is 32.0 Å². The molecule has 3 atom stereocenters. The standard InChI is InChI=1S/C29H32F6N4/c1-17-11-20-19-5-2-3-6-23(19)37-26(20)27(39(17)16-29(33,34)35)25-21(31)12-18(13-22(25)32)36-24-14-38(10-4-9-30)15-28(24)7-8-28/h2-3,5-6,12-13,17,24,27,36-37H,4,7-11,14-16H2,1H3/t17-,24-,27-/m1/s1. The summed E-state index contributed by atoms with van der Waals surface area (Å²) in [6.45, 7) is 2.11. The Hall–Kier alpha value is -2.72. The molecule has 3 aliphatic rings. The maximum atomic E-state index is 15.8. The molecular weight excluding hydrogens is 518 g/mol. The van der Waals surface area contributed by atoms with E-state index in [1.165, 1.54) is 12.1 Å².